The first-order valence-corrected chi connectivity index (χ1v) is 6.69. The van der Waals surface area contributed by atoms with Crippen LogP contribution in [-0.2, 0) is 0 Å². The Labute approximate surface area is 121 Å². The molecule has 1 aromatic heterocycles. The molecule has 0 aliphatic carbocycles. The van der Waals surface area contributed by atoms with Gasteiger partial charge in [0.05, 0.1) is 5.69 Å². The lowest BCUT2D eigenvalue weighted by Crippen LogP contribution is -1.91. The Kier molecular flexibility index (Phi) is 3.24. The first kappa shape index (κ1) is 12.8. The lowest BCUT2D eigenvalue weighted by molar-refractivity contribution is 0.627. The van der Waals surface area contributed by atoms with Crippen molar-refractivity contribution < 1.29 is 4.39 Å². The smallest absolute Gasteiger partial charge is 0.182 e. The second-order valence-electron chi connectivity index (χ2n) is 4.69. The molecule has 1 heterocycles. The molecule has 100 valence electrons. The highest BCUT2D eigenvalue weighted by atomic mass is 32.1. The van der Waals surface area contributed by atoms with Gasteiger partial charge >= 0.3 is 0 Å². The van der Waals surface area contributed by atoms with Gasteiger partial charge in [-0.1, -0.05) is 29.8 Å². The highest BCUT2D eigenvalue weighted by Gasteiger charge is 2.05. The Morgan fingerprint density at radius 1 is 1.00 bits per heavy atom. The maximum absolute atomic E-state index is 13.0. The molecule has 0 saturated heterocycles. The predicted octanol–water partition coefficient (Wildman–Crippen LogP) is 4.65. The monoisotopic (exact) mass is 284 g/mol. The summed E-state index contributed by atoms with van der Waals surface area (Å²) in [6.45, 7) is 2.05. The molecule has 4 heteroatoms. The van der Waals surface area contributed by atoms with Gasteiger partial charge in [-0.2, -0.15) is 0 Å². The maximum atomic E-state index is 13.0. The van der Waals surface area contributed by atoms with Gasteiger partial charge in [0.2, 0.25) is 0 Å². The van der Waals surface area contributed by atoms with Gasteiger partial charge in [-0.15, -0.1) is 0 Å². The standard InChI is InChI=1S/C16H13FN2S/c1-11-2-4-12(5-3-11)15-10-19(16(20)18-15)14-8-6-13(17)7-9-14/h2-10H,1H3,(H,18,20). The Morgan fingerprint density at radius 2 is 1.65 bits per heavy atom. The van der Waals surface area contributed by atoms with Crippen LogP contribution in [0.25, 0.3) is 16.9 Å². The van der Waals surface area contributed by atoms with Gasteiger partial charge in [-0.05, 0) is 49.0 Å². The van der Waals surface area contributed by atoms with Gasteiger partial charge in [0.15, 0.2) is 4.77 Å². The SMILES string of the molecule is Cc1ccc(-c2cn(-c3ccc(F)cc3)c(=S)[nH]2)cc1. The minimum atomic E-state index is -0.255. The second kappa shape index (κ2) is 5.06. The summed E-state index contributed by atoms with van der Waals surface area (Å²) in [5.74, 6) is -0.255. The molecule has 0 unspecified atom stereocenters. The van der Waals surface area contributed by atoms with Crippen LogP contribution in [-0.4, -0.2) is 9.55 Å². The first-order valence-electron chi connectivity index (χ1n) is 6.28. The first-order chi connectivity index (χ1) is 9.63. The molecule has 0 aliphatic rings. The zero-order valence-electron chi connectivity index (χ0n) is 10.9. The summed E-state index contributed by atoms with van der Waals surface area (Å²) in [6.07, 6.45) is 1.93. The molecule has 0 fully saturated rings. The molecule has 2 nitrogen and oxygen atoms in total. The Balaban J connectivity index is 2.05. The summed E-state index contributed by atoms with van der Waals surface area (Å²) in [5.41, 5.74) is 4.07. The van der Waals surface area contributed by atoms with Crippen molar-refractivity contribution in [2.45, 2.75) is 6.92 Å². The number of hydrogen-bond donors (Lipinski definition) is 1. The van der Waals surface area contributed by atoms with Crippen LogP contribution in [0.1, 0.15) is 5.56 Å². The van der Waals surface area contributed by atoms with Crippen LogP contribution in [0.3, 0.4) is 0 Å². The van der Waals surface area contributed by atoms with Crippen molar-refractivity contribution in [3.8, 4) is 16.9 Å². The highest BCUT2D eigenvalue weighted by molar-refractivity contribution is 7.71. The normalized spacial score (nSPS) is 10.7. The molecule has 3 aromatic rings. The summed E-state index contributed by atoms with van der Waals surface area (Å²) in [7, 11) is 0. The number of nitrogens with zero attached hydrogens (tertiary/aromatic N) is 1. The van der Waals surface area contributed by atoms with Crippen LogP contribution < -0.4 is 0 Å². The third-order valence-electron chi connectivity index (χ3n) is 3.19. The van der Waals surface area contributed by atoms with Crippen molar-refractivity contribution >= 4 is 12.2 Å². The van der Waals surface area contributed by atoms with Gasteiger partial charge in [0.1, 0.15) is 5.82 Å². The summed E-state index contributed by atoms with van der Waals surface area (Å²) in [5, 5.41) is 0. The third kappa shape index (κ3) is 2.42. The van der Waals surface area contributed by atoms with Crippen LogP contribution in [0.4, 0.5) is 4.39 Å². The minimum Gasteiger partial charge on any atom is -0.330 e. The molecule has 0 aliphatic heterocycles. The van der Waals surface area contributed by atoms with Gasteiger partial charge in [0.25, 0.3) is 0 Å². The second-order valence-corrected chi connectivity index (χ2v) is 5.07. The topological polar surface area (TPSA) is 20.7 Å². The van der Waals surface area contributed by atoms with Crippen molar-refractivity contribution in [1.82, 2.24) is 9.55 Å². The summed E-state index contributed by atoms with van der Waals surface area (Å²) in [4.78, 5) is 3.18. The minimum absolute atomic E-state index is 0.255. The van der Waals surface area contributed by atoms with Crippen LogP contribution in [0.5, 0.6) is 0 Å². The lowest BCUT2D eigenvalue weighted by atomic mass is 10.1. The zero-order chi connectivity index (χ0) is 14.1. The number of H-pyrrole nitrogens is 1. The zero-order valence-corrected chi connectivity index (χ0v) is 11.7. The predicted molar refractivity (Wildman–Crippen MR) is 81.1 cm³/mol. The summed E-state index contributed by atoms with van der Waals surface area (Å²) in [6, 6.07) is 14.5. The highest BCUT2D eigenvalue weighted by Crippen LogP contribution is 2.20. The van der Waals surface area contributed by atoms with Crippen LogP contribution in [0.15, 0.2) is 54.7 Å². The number of aryl methyl sites for hydroxylation is 1. The van der Waals surface area contributed by atoms with E-state index < -0.39 is 0 Å². The van der Waals surface area contributed by atoms with E-state index in [1.807, 2.05) is 22.9 Å². The van der Waals surface area contributed by atoms with Gasteiger partial charge < -0.3 is 4.98 Å². The van der Waals surface area contributed by atoms with E-state index in [1.165, 1.54) is 17.7 Å². The van der Waals surface area contributed by atoms with E-state index in [0.29, 0.717) is 4.77 Å². The van der Waals surface area contributed by atoms with Crippen LogP contribution in [0.2, 0.25) is 0 Å². The molecular formula is C16H13FN2S. The molecule has 1 N–H and O–H groups in total. The number of hydrogen-bond acceptors (Lipinski definition) is 1. The van der Waals surface area contributed by atoms with E-state index in [9.17, 15) is 4.39 Å². The summed E-state index contributed by atoms with van der Waals surface area (Å²) < 4.78 is 15.4. The number of benzene rings is 2. The van der Waals surface area contributed by atoms with E-state index >= 15 is 0 Å². The molecule has 2 aromatic carbocycles. The molecule has 0 amide bonds. The van der Waals surface area contributed by atoms with Gasteiger partial charge in [-0.25, -0.2) is 4.39 Å². The number of halogens is 1. The largest absolute Gasteiger partial charge is 0.330 e. The fourth-order valence-electron chi connectivity index (χ4n) is 2.07. The molecule has 0 atom stereocenters. The summed E-state index contributed by atoms with van der Waals surface area (Å²) >= 11 is 5.33. The van der Waals surface area contributed by atoms with E-state index in [0.717, 1.165) is 16.9 Å². The average molecular weight is 284 g/mol. The van der Waals surface area contributed by atoms with Gasteiger partial charge in [0, 0.05) is 11.9 Å². The molecule has 0 spiro atoms. The quantitative estimate of drug-likeness (QED) is 0.679. The molecule has 0 saturated carbocycles. The van der Waals surface area contributed by atoms with Crippen molar-refractivity contribution in [2.24, 2.45) is 0 Å². The number of aromatic nitrogens is 2. The van der Waals surface area contributed by atoms with Crippen molar-refractivity contribution in [2.75, 3.05) is 0 Å². The molecule has 0 radical (unpaired) electrons. The number of aromatic amines is 1. The Morgan fingerprint density at radius 3 is 2.30 bits per heavy atom. The Bertz CT molecular complexity index is 783. The fourth-order valence-corrected chi connectivity index (χ4v) is 2.34. The van der Waals surface area contributed by atoms with Crippen molar-refractivity contribution in [1.29, 1.82) is 0 Å². The van der Waals surface area contributed by atoms with Crippen LogP contribution in [0, 0.1) is 17.5 Å². The molecular weight excluding hydrogens is 271 g/mol. The molecule has 3 rings (SSSR count). The Hall–Kier alpha value is -2.20. The molecule has 0 bridgehead atoms. The van der Waals surface area contributed by atoms with E-state index in [1.54, 1.807) is 12.1 Å². The van der Waals surface area contributed by atoms with E-state index in [-0.39, 0.29) is 5.82 Å². The lowest BCUT2D eigenvalue weighted by Gasteiger charge is -2.01. The number of imidazole rings is 1. The molecule has 20 heavy (non-hydrogen) atoms. The van der Waals surface area contributed by atoms with E-state index in [2.05, 4.69) is 24.0 Å². The number of nitrogens with one attached hydrogen (secondary N) is 1. The van der Waals surface area contributed by atoms with E-state index in [4.69, 9.17) is 12.2 Å². The third-order valence-corrected chi connectivity index (χ3v) is 3.48. The maximum Gasteiger partial charge on any atom is 0.182 e. The number of rotatable bonds is 2. The van der Waals surface area contributed by atoms with Crippen molar-refractivity contribution in [3.05, 3.63) is 70.9 Å². The van der Waals surface area contributed by atoms with Gasteiger partial charge in [-0.3, -0.25) is 4.57 Å². The van der Waals surface area contributed by atoms with Crippen LogP contribution >= 0.6 is 12.2 Å². The van der Waals surface area contributed by atoms with Crippen molar-refractivity contribution in [3.63, 3.8) is 0 Å². The fraction of sp³-hybridized carbons (Fsp3) is 0.0625. The average Bonchev–Trinajstić information content (AvgIpc) is 2.82.